The second-order valence-electron chi connectivity index (χ2n) is 5.54. The molecule has 0 radical (unpaired) electrons. The van der Waals surface area contributed by atoms with Gasteiger partial charge >= 0.3 is 0 Å². The first-order chi connectivity index (χ1) is 8.80. The van der Waals surface area contributed by atoms with E-state index in [0.29, 0.717) is 12.1 Å². The van der Waals surface area contributed by atoms with E-state index in [2.05, 4.69) is 5.32 Å². The molecule has 0 fully saturated rings. The molecule has 2 atom stereocenters. The van der Waals surface area contributed by atoms with Crippen molar-refractivity contribution in [2.75, 3.05) is 6.54 Å². The fraction of sp³-hybridized carbons (Fsp3) is 0.533. The minimum Gasteiger partial charge on any atom is -0.349 e. The van der Waals surface area contributed by atoms with Gasteiger partial charge in [-0.15, -0.1) is 0 Å². The van der Waals surface area contributed by atoms with Gasteiger partial charge in [0.05, 0.1) is 11.5 Å². The van der Waals surface area contributed by atoms with Gasteiger partial charge < -0.3 is 11.1 Å². The lowest BCUT2D eigenvalue weighted by Crippen LogP contribution is -2.55. The van der Waals surface area contributed by atoms with Gasteiger partial charge in [0.1, 0.15) is 5.82 Å². The molecule has 3 nitrogen and oxygen atoms in total. The van der Waals surface area contributed by atoms with Crippen LogP contribution in [0.5, 0.6) is 0 Å². The molecule has 19 heavy (non-hydrogen) atoms. The lowest BCUT2D eigenvalue weighted by atomic mass is 9.87. The molecule has 1 aromatic rings. The quantitative estimate of drug-likeness (QED) is 0.860. The fourth-order valence-electron chi connectivity index (χ4n) is 1.75. The standard InChI is InChI=1S/C15H23FN2O/c1-10(2)15(4,9-17)18-14(19)11(3)12-6-5-7-13(16)8-12/h5-8,10-11H,9,17H2,1-4H3,(H,18,19). The van der Waals surface area contributed by atoms with Gasteiger partial charge in [0, 0.05) is 6.54 Å². The van der Waals surface area contributed by atoms with Gasteiger partial charge in [-0.1, -0.05) is 26.0 Å². The highest BCUT2D eigenvalue weighted by Crippen LogP contribution is 2.20. The number of rotatable bonds is 5. The van der Waals surface area contributed by atoms with Crippen LogP contribution in [-0.2, 0) is 4.79 Å². The molecule has 106 valence electrons. The second kappa shape index (κ2) is 6.15. The molecule has 0 aromatic heterocycles. The summed E-state index contributed by atoms with van der Waals surface area (Å²) in [4.78, 5) is 12.2. The summed E-state index contributed by atoms with van der Waals surface area (Å²) >= 11 is 0. The second-order valence-corrected chi connectivity index (χ2v) is 5.54. The summed E-state index contributed by atoms with van der Waals surface area (Å²) in [5.74, 6) is -0.642. The predicted octanol–water partition coefficient (Wildman–Crippen LogP) is 2.42. The number of nitrogens with one attached hydrogen (secondary N) is 1. The van der Waals surface area contributed by atoms with Gasteiger partial charge in [-0.05, 0) is 37.5 Å². The van der Waals surface area contributed by atoms with Crippen LogP contribution in [0.4, 0.5) is 4.39 Å². The van der Waals surface area contributed by atoms with Crippen LogP contribution in [0, 0.1) is 11.7 Å². The van der Waals surface area contributed by atoms with Crippen molar-refractivity contribution >= 4 is 5.91 Å². The van der Waals surface area contributed by atoms with Crippen molar-refractivity contribution in [3.05, 3.63) is 35.6 Å². The maximum Gasteiger partial charge on any atom is 0.227 e. The summed E-state index contributed by atoms with van der Waals surface area (Å²) in [7, 11) is 0. The number of nitrogens with two attached hydrogens (primary N) is 1. The van der Waals surface area contributed by atoms with Crippen LogP contribution in [0.1, 0.15) is 39.2 Å². The molecule has 2 unspecified atom stereocenters. The highest BCUT2D eigenvalue weighted by molar-refractivity contribution is 5.83. The van der Waals surface area contributed by atoms with Crippen molar-refractivity contribution in [1.82, 2.24) is 5.32 Å². The zero-order valence-corrected chi connectivity index (χ0v) is 12.0. The summed E-state index contributed by atoms with van der Waals surface area (Å²) in [6.07, 6.45) is 0. The maximum absolute atomic E-state index is 13.2. The molecule has 0 aliphatic carbocycles. The molecule has 1 amide bonds. The number of carbonyl (C=O) groups is 1. The molecule has 0 bridgehead atoms. The molecule has 3 N–H and O–H groups in total. The number of hydrogen-bond donors (Lipinski definition) is 2. The van der Waals surface area contributed by atoms with Crippen LogP contribution < -0.4 is 11.1 Å². The summed E-state index contributed by atoms with van der Waals surface area (Å²) in [5.41, 5.74) is 5.97. The van der Waals surface area contributed by atoms with E-state index < -0.39 is 11.5 Å². The van der Waals surface area contributed by atoms with Crippen molar-refractivity contribution < 1.29 is 9.18 Å². The zero-order valence-electron chi connectivity index (χ0n) is 12.0. The molecule has 0 aliphatic heterocycles. The third-order valence-corrected chi connectivity index (χ3v) is 3.85. The van der Waals surface area contributed by atoms with E-state index in [9.17, 15) is 9.18 Å². The van der Waals surface area contributed by atoms with Crippen LogP contribution >= 0.6 is 0 Å². The Hall–Kier alpha value is -1.42. The molecule has 0 heterocycles. The Labute approximate surface area is 114 Å². The topological polar surface area (TPSA) is 55.1 Å². The Morgan fingerprint density at radius 2 is 2.05 bits per heavy atom. The molecule has 0 saturated carbocycles. The summed E-state index contributed by atoms with van der Waals surface area (Å²) < 4.78 is 13.2. The van der Waals surface area contributed by atoms with Crippen LogP contribution in [0.15, 0.2) is 24.3 Å². The third-order valence-electron chi connectivity index (χ3n) is 3.85. The Kier molecular flexibility index (Phi) is 5.06. The first-order valence-corrected chi connectivity index (χ1v) is 6.57. The minimum atomic E-state index is -0.446. The van der Waals surface area contributed by atoms with E-state index in [-0.39, 0.29) is 17.6 Å². The van der Waals surface area contributed by atoms with E-state index in [1.807, 2.05) is 20.8 Å². The number of benzene rings is 1. The lowest BCUT2D eigenvalue weighted by molar-refractivity contribution is -0.124. The smallest absolute Gasteiger partial charge is 0.227 e. The van der Waals surface area contributed by atoms with Crippen molar-refractivity contribution in [3.8, 4) is 0 Å². The highest BCUT2D eigenvalue weighted by Gasteiger charge is 2.30. The molecule has 0 aliphatic rings. The van der Waals surface area contributed by atoms with E-state index in [1.54, 1.807) is 19.1 Å². The summed E-state index contributed by atoms with van der Waals surface area (Å²) in [6, 6.07) is 6.12. The van der Waals surface area contributed by atoms with Crippen molar-refractivity contribution in [2.45, 2.75) is 39.2 Å². The molecule has 0 saturated heterocycles. The van der Waals surface area contributed by atoms with Crippen molar-refractivity contribution in [2.24, 2.45) is 11.7 Å². The Balaban J connectivity index is 2.83. The lowest BCUT2D eigenvalue weighted by Gasteiger charge is -2.34. The number of hydrogen-bond acceptors (Lipinski definition) is 2. The molecule has 1 rings (SSSR count). The van der Waals surface area contributed by atoms with E-state index >= 15 is 0 Å². The van der Waals surface area contributed by atoms with Crippen molar-refractivity contribution in [1.29, 1.82) is 0 Å². The van der Waals surface area contributed by atoms with Gasteiger partial charge in [0.2, 0.25) is 5.91 Å². The molecule has 0 spiro atoms. The van der Waals surface area contributed by atoms with E-state index in [1.165, 1.54) is 12.1 Å². The number of carbonyl (C=O) groups excluding carboxylic acids is 1. The number of amides is 1. The molecule has 4 heteroatoms. The average molecular weight is 266 g/mol. The monoisotopic (exact) mass is 266 g/mol. The van der Waals surface area contributed by atoms with E-state index in [0.717, 1.165) is 0 Å². The highest BCUT2D eigenvalue weighted by atomic mass is 19.1. The van der Waals surface area contributed by atoms with Crippen LogP contribution in [0.3, 0.4) is 0 Å². The Morgan fingerprint density at radius 1 is 1.42 bits per heavy atom. The SMILES string of the molecule is CC(C(=O)NC(C)(CN)C(C)C)c1cccc(F)c1. The van der Waals surface area contributed by atoms with Crippen LogP contribution in [0.2, 0.25) is 0 Å². The molecule has 1 aromatic carbocycles. The Bertz CT molecular complexity index is 448. The zero-order chi connectivity index (χ0) is 14.6. The summed E-state index contributed by atoms with van der Waals surface area (Å²) in [6.45, 7) is 8.08. The maximum atomic E-state index is 13.2. The first kappa shape index (κ1) is 15.6. The van der Waals surface area contributed by atoms with Gasteiger partial charge in [0.15, 0.2) is 0 Å². The minimum absolute atomic E-state index is 0.132. The van der Waals surface area contributed by atoms with Gasteiger partial charge in [-0.25, -0.2) is 4.39 Å². The van der Waals surface area contributed by atoms with Gasteiger partial charge in [0.25, 0.3) is 0 Å². The summed E-state index contributed by atoms with van der Waals surface area (Å²) in [5, 5.41) is 2.97. The normalized spacial score (nSPS) is 15.9. The largest absolute Gasteiger partial charge is 0.349 e. The Morgan fingerprint density at radius 3 is 2.53 bits per heavy atom. The molecular weight excluding hydrogens is 243 g/mol. The molecular formula is C15H23FN2O. The van der Waals surface area contributed by atoms with Gasteiger partial charge in [-0.2, -0.15) is 0 Å². The predicted molar refractivity (Wildman–Crippen MR) is 75.3 cm³/mol. The fourth-order valence-corrected chi connectivity index (χ4v) is 1.75. The number of halogens is 1. The average Bonchev–Trinajstić information content (AvgIpc) is 2.37. The van der Waals surface area contributed by atoms with E-state index in [4.69, 9.17) is 5.73 Å². The van der Waals surface area contributed by atoms with Gasteiger partial charge in [-0.3, -0.25) is 4.79 Å². The van der Waals surface area contributed by atoms with Crippen LogP contribution in [-0.4, -0.2) is 18.0 Å². The van der Waals surface area contributed by atoms with Crippen molar-refractivity contribution in [3.63, 3.8) is 0 Å². The third kappa shape index (κ3) is 3.77. The van der Waals surface area contributed by atoms with Crippen LogP contribution in [0.25, 0.3) is 0 Å². The first-order valence-electron chi connectivity index (χ1n) is 6.57.